The van der Waals surface area contributed by atoms with Gasteiger partial charge in [0.05, 0.1) is 7.11 Å². The summed E-state index contributed by atoms with van der Waals surface area (Å²) in [6.07, 6.45) is 5.91. The summed E-state index contributed by atoms with van der Waals surface area (Å²) >= 11 is 0. The molecule has 1 saturated carbocycles. The Bertz CT molecular complexity index is 214. The maximum absolute atomic E-state index is 11.5. The van der Waals surface area contributed by atoms with Crippen molar-refractivity contribution in [2.75, 3.05) is 13.7 Å². The average Bonchev–Trinajstić information content (AvgIpc) is 2.46. The SMILES string of the molecule is CONC(=O)N1CCCC12CCC2. The minimum atomic E-state index is -0.0697. The first-order chi connectivity index (χ1) is 6.28. The number of likely N-dealkylation sites (tertiary alicyclic amines) is 1. The summed E-state index contributed by atoms with van der Waals surface area (Å²) in [5.41, 5.74) is 2.59. The molecule has 0 aromatic rings. The summed E-state index contributed by atoms with van der Waals surface area (Å²) in [6.45, 7) is 0.884. The van der Waals surface area contributed by atoms with Crippen LogP contribution in [0.5, 0.6) is 0 Å². The molecule has 2 amide bonds. The highest BCUT2D eigenvalue weighted by Crippen LogP contribution is 2.45. The van der Waals surface area contributed by atoms with E-state index in [-0.39, 0.29) is 11.6 Å². The number of rotatable bonds is 1. The number of carbonyl (C=O) groups is 1. The molecule has 0 atom stereocenters. The highest BCUT2D eigenvalue weighted by molar-refractivity contribution is 5.74. The molecule has 0 aromatic heterocycles. The number of amides is 2. The van der Waals surface area contributed by atoms with Crippen molar-refractivity contribution < 1.29 is 9.63 Å². The lowest BCUT2D eigenvalue weighted by Crippen LogP contribution is -2.54. The highest BCUT2D eigenvalue weighted by Gasteiger charge is 2.47. The summed E-state index contributed by atoms with van der Waals surface area (Å²) in [7, 11) is 1.47. The zero-order chi connectivity index (χ0) is 9.31. The molecule has 0 unspecified atom stereocenters. The van der Waals surface area contributed by atoms with Gasteiger partial charge in [-0.25, -0.2) is 10.3 Å². The summed E-state index contributed by atoms with van der Waals surface area (Å²) in [6, 6.07) is -0.0697. The Kier molecular flexibility index (Phi) is 2.15. The highest BCUT2D eigenvalue weighted by atomic mass is 16.6. The Hall–Kier alpha value is -0.770. The minimum Gasteiger partial charge on any atom is -0.317 e. The number of hydroxylamine groups is 1. The Morgan fingerprint density at radius 2 is 2.08 bits per heavy atom. The van der Waals surface area contributed by atoms with Crippen molar-refractivity contribution in [3.8, 4) is 0 Å². The maximum Gasteiger partial charge on any atom is 0.341 e. The summed E-state index contributed by atoms with van der Waals surface area (Å²) in [5.74, 6) is 0. The summed E-state index contributed by atoms with van der Waals surface area (Å²) < 4.78 is 0. The van der Waals surface area contributed by atoms with Gasteiger partial charge in [0.25, 0.3) is 0 Å². The number of hydrogen-bond acceptors (Lipinski definition) is 2. The monoisotopic (exact) mass is 184 g/mol. The van der Waals surface area contributed by atoms with Crippen LogP contribution in [-0.2, 0) is 4.84 Å². The predicted octanol–water partition coefficient (Wildman–Crippen LogP) is 1.28. The van der Waals surface area contributed by atoms with Gasteiger partial charge < -0.3 is 4.90 Å². The Morgan fingerprint density at radius 3 is 2.62 bits per heavy atom. The third-order valence-corrected chi connectivity index (χ3v) is 3.32. The van der Waals surface area contributed by atoms with E-state index in [0.29, 0.717) is 0 Å². The molecule has 1 heterocycles. The second kappa shape index (κ2) is 3.18. The van der Waals surface area contributed by atoms with Gasteiger partial charge in [0, 0.05) is 12.1 Å². The number of urea groups is 1. The first-order valence-corrected chi connectivity index (χ1v) is 4.89. The largest absolute Gasteiger partial charge is 0.341 e. The lowest BCUT2D eigenvalue weighted by atomic mass is 9.75. The first-order valence-electron chi connectivity index (χ1n) is 4.89. The zero-order valence-electron chi connectivity index (χ0n) is 8.01. The second-order valence-corrected chi connectivity index (χ2v) is 3.94. The molecule has 0 bridgehead atoms. The molecule has 1 saturated heterocycles. The molecule has 2 rings (SSSR count). The topological polar surface area (TPSA) is 41.6 Å². The van der Waals surface area contributed by atoms with Crippen LogP contribution in [-0.4, -0.2) is 30.1 Å². The van der Waals surface area contributed by atoms with Crippen LogP contribution in [0.3, 0.4) is 0 Å². The zero-order valence-corrected chi connectivity index (χ0v) is 8.01. The number of nitrogens with zero attached hydrogens (tertiary/aromatic N) is 1. The van der Waals surface area contributed by atoms with Crippen molar-refractivity contribution in [3.63, 3.8) is 0 Å². The Morgan fingerprint density at radius 1 is 1.38 bits per heavy atom. The lowest BCUT2D eigenvalue weighted by molar-refractivity contribution is 0.0412. The molecule has 4 nitrogen and oxygen atoms in total. The molecule has 0 radical (unpaired) electrons. The van der Waals surface area contributed by atoms with Crippen LogP contribution in [0, 0.1) is 0 Å². The molecule has 1 N–H and O–H groups in total. The third-order valence-electron chi connectivity index (χ3n) is 3.32. The minimum absolute atomic E-state index is 0.0697. The van der Waals surface area contributed by atoms with Gasteiger partial charge in [-0.2, -0.15) is 0 Å². The van der Waals surface area contributed by atoms with E-state index in [1.807, 2.05) is 4.90 Å². The second-order valence-electron chi connectivity index (χ2n) is 3.94. The Labute approximate surface area is 78.2 Å². The van der Waals surface area contributed by atoms with Crippen LogP contribution in [0.25, 0.3) is 0 Å². The molecular weight excluding hydrogens is 168 g/mol. The molecule has 1 aliphatic heterocycles. The van der Waals surface area contributed by atoms with Gasteiger partial charge in [-0.3, -0.25) is 4.84 Å². The fourth-order valence-electron chi connectivity index (χ4n) is 2.50. The number of nitrogens with one attached hydrogen (secondary N) is 1. The Balaban J connectivity index is 2.01. The van der Waals surface area contributed by atoms with Crippen LogP contribution in [0.15, 0.2) is 0 Å². The number of hydrogen-bond donors (Lipinski definition) is 1. The van der Waals surface area contributed by atoms with Crippen molar-refractivity contribution in [2.24, 2.45) is 0 Å². The van der Waals surface area contributed by atoms with E-state index in [1.165, 1.54) is 32.8 Å². The van der Waals surface area contributed by atoms with Crippen molar-refractivity contribution >= 4 is 6.03 Å². The fraction of sp³-hybridized carbons (Fsp3) is 0.889. The normalized spacial score (nSPS) is 24.5. The van der Waals surface area contributed by atoms with Crippen LogP contribution in [0.2, 0.25) is 0 Å². The predicted molar refractivity (Wildman–Crippen MR) is 48.1 cm³/mol. The standard InChI is InChI=1S/C9H16N2O2/c1-13-10-8(12)11-7-3-6-9(11)4-2-5-9/h2-7H2,1H3,(H,10,12). The molecular formula is C9H16N2O2. The van der Waals surface area contributed by atoms with Gasteiger partial charge in [0.1, 0.15) is 0 Å². The summed E-state index contributed by atoms with van der Waals surface area (Å²) in [4.78, 5) is 18.1. The van der Waals surface area contributed by atoms with E-state index in [4.69, 9.17) is 0 Å². The first kappa shape index (κ1) is 8.81. The molecule has 74 valence electrons. The average molecular weight is 184 g/mol. The molecule has 2 aliphatic rings. The maximum atomic E-state index is 11.5. The van der Waals surface area contributed by atoms with Crippen molar-refractivity contribution in [1.29, 1.82) is 0 Å². The van der Waals surface area contributed by atoms with Gasteiger partial charge in [-0.15, -0.1) is 0 Å². The van der Waals surface area contributed by atoms with Crippen LogP contribution < -0.4 is 5.48 Å². The van der Waals surface area contributed by atoms with Gasteiger partial charge >= 0.3 is 6.03 Å². The van der Waals surface area contributed by atoms with E-state index >= 15 is 0 Å². The lowest BCUT2D eigenvalue weighted by Gasteiger charge is -2.45. The van der Waals surface area contributed by atoms with E-state index in [1.54, 1.807) is 0 Å². The van der Waals surface area contributed by atoms with Crippen LogP contribution in [0.1, 0.15) is 32.1 Å². The van der Waals surface area contributed by atoms with Gasteiger partial charge in [0.15, 0.2) is 0 Å². The molecule has 1 aliphatic carbocycles. The molecule has 4 heteroatoms. The van der Waals surface area contributed by atoms with Gasteiger partial charge in [0.2, 0.25) is 0 Å². The van der Waals surface area contributed by atoms with Crippen molar-refractivity contribution in [1.82, 2.24) is 10.4 Å². The number of carbonyl (C=O) groups excluding carboxylic acids is 1. The van der Waals surface area contributed by atoms with E-state index < -0.39 is 0 Å². The van der Waals surface area contributed by atoms with E-state index in [0.717, 1.165) is 13.0 Å². The molecule has 1 spiro atoms. The third kappa shape index (κ3) is 1.29. The van der Waals surface area contributed by atoms with Crippen molar-refractivity contribution in [3.05, 3.63) is 0 Å². The molecule has 2 fully saturated rings. The molecule has 13 heavy (non-hydrogen) atoms. The quantitative estimate of drug-likeness (QED) is 0.624. The van der Waals surface area contributed by atoms with Gasteiger partial charge in [-0.05, 0) is 32.1 Å². The summed E-state index contributed by atoms with van der Waals surface area (Å²) in [5, 5.41) is 0. The van der Waals surface area contributed by atoms with Crippen molar-refractivity contribution in [2.45, 2.75) is 37.6 Å². The van der Waals surface area contributed by atoms with E-state index in [2.05, 4.69) is 10.3 Å². The van der Waals surface area contributed by atoms with Crippen LogP contribution >= 0.6 is 0 Å². The molecule has 0 aromatic carbocycles. The van der Waals surface area contributed by atoms with Gasteiger partial charge in [-0.1, -0.05) is 0 Å². The fourth-order valence-corrected chi connectivity index (χ4v) is 2.50. The van der Waals surface area contributed by atoms with E-state index in [9.17, 15) is 4.79 Å². The van der Waals surface area contributed by atoms with Crippen LogP contribution in [0.4, 0.5) is 4.79 Å². The smallest absolute Gasteiger partial charge is 0.317 e.